The molecular formula is C24H28N2O2. The molecule has 28 heavy (non-hydrogen) atoms. The number of nitrogens with one attached hydrogen (secondary N) is 1. The fraction of sp³-hybridized carbons (Fsp3) is 0.292. The van der Waals surface area contributed by atoms with Crippen molar-refractivity contribution in [3.05, 3.63) is 77.5 Å². The van der Waals surface area contributed by atoms with E-state index in [-0.39, 0.29) is 5.97 Å². The molecule has 1 aromatic heterocycles. The van der Waals surface area contributed by atoms with Crippen molar-refractivity contribution >= 4 is 22.9 Å². The Balaban J connectivity index is 1.63. The maximum atomic E-state index is 11.2. The highest BCUT2D eigenvalue weighted by molar-refractivity contribution is 5.86. The summed E-state index contributed by atoms with van der Waals surface area (Å²) in [5.41, 5.74) is 4.82. The van der Waals surface area contributed by atoms with Gasteiger partial charge in [-0.1, -0.05) is 42.5 Å². The molecule has 3 rings (SSSR count). The molecule has 2 aromatic carbocycles. The van der Waals surface area contributed by atoms with Gasteiger partial charge in [-0.15, -0.1) is 0 Å². The van der Waals surface area contributed by atoms with Gasteiger partial charge in [0.1, 0.15) is 0 Å². The van der Waals surface area contributed by atoms with Gasteiger partial charge in [-0.25, -0.2) is 4.79 Å². The van der Waals surface area contributed by atoms with Gasteiger partial charge in [0, 0.05) is 42.3 Å². The molecule has 3 aromatic rings. The molecule has 0 saturated carbocycles. The number of nitrogens with zero attached hydrogens (tertiary/aromatic N) is 1. The Morgan fingerprint density at radius 2 is 1.89 bits per heavy atom. The van der Waals surface area contributed by atoms with E-state index in [4.69, 9.17) is 0 Å². The second-order valence-corrected chi connectivity index (χ2v) is 7.27. The highest BCUT2D eigenvalue weighted by Gasteiger charge is 2.12. The van der Waals surface area contributed by atoms with E-state index in [2.05, 4.69) is 71.1 Å². The van der Waals surface area contributed by atoms with Crippen molar-refractivity contribution in [3.63, 3.8) is 0 Å². The van der Waals surface area contributed by atoms with Crippen LogP contribution in [0.1, 0.15) is 30.5 Å². The van der Waals surface area contributed by atoms with Gasteiger partial charge in [0.2, 0.25) is 0 Å². The number of methoxy groups -OCH3 is 1. The number of fused-ring (bicyclic) bond motifs is 1. The zero-order chi connectivity index (χ0) is 19.9. The Bertz CT molecular complexity index is 939. The summed E-state index contributed by atoms with van der Waals surface area (Å²) in [6, 6.07) is 17.2. The van der Waals surface area contributed by atoms with Crippen molar-refractivity contribution in [2.75, 3.05) is 13.7 Å². The number of aromatic nitrogens is 1. The van der Waals surface area contributed by atoms with E-state index in [0.717, 1.165) is 25.1 Å². The number of benzene rings is 2. The number of H-pyrrole nitrogens is 1. The minimum atomic E-state index is -0.340. The number of hydrogen-bond donors (Lipinski definition) is 1. The first kappa shape index (κ1) is 19.9. The van der Waals surface area contributed by atoms with Gasteiger partial charge >= 0.3 is 5.97 Å². The van der Waals surface area contributed by atoms with Crippen LogP contribution in [-0.2, 0) is 22.5 Å². The van der Waals surface area contributed by atoms with Gasteiger partial charge < -0.3 is 9.72 Å². The predicted molar refractivity (Wildman–Crippen MR) is 115 cm³/mol. The molecule has 0 saturated heterocycles. The number of rotatable bonds is 8. The van der Waals surface area contributed by atoms with Crippen LogP contribution in [0.4, 0.5) is 0 Å². The molecule has 0 aliphatic carbocycles. The molecule has 0 aliphatic rings. The van der Waals surface area contributed by atoms with Crippen molar-refractivity contribution in [2.24, 2.45) is 0 Å². The summed E-state index contributed by atoms with van der Waals surface area (Å²) in [5.74, 6) is -0.340. The van der Waals surface area contributed by atoms with Crippen LogP contribution in [0.5, 0.6) is 0 Å². The van der Waals surface area contributed by atoms with E-state index in [0.29, 0.717) is 6.04 Å². The first-order valence-corrected chi connectivity index (χ1v) is 9.71. The Kier molecular flexibility index (Phi) is 6.66. The van der Waals surface area contributed by atoms with Crippen LogP contribution in [0, 0.1) is 0 Å². The highest BCUT2D eigenvalue weighted by atomic mass is 16.5. The van der Waals surface area contributed by atoms with Crippen LogP contribution in [0.25, 0.3) is 17.0 Å². The summed E-state index contributed by atoms with van der Waals surface area (Å²) in [6.45, 7) is 6.38. The minimum Gasteiger partial charge on any atom is -0.466 e. The van der Waals surface area contributed by atoms with Crippen molar-refractivity contribution in [1.29, 1.82) is 0 Å². The zero-order valence-electron chi connectivity index (χ0n) is 16.8. The van der Waals surface area contributed by atoms with E-state index in [1.165, 1.54) is 35.2 Å². The van der Waals surface area contributed by atoms with Crippen LogP contribution in [-0.4, -0.2) is 35.5 Å². The van der Waals surface area contributed by atoms with Gasteiger partial charge in [-0.05, 0) is 49.1 Å². The maximum Gasteiger partial charge on any atom is 0.330 e. The summed E-state index contributed by atoms with van der Waals surface area (Å²) >= 11 is 0. The molecule has 0 unspecified atom stereocenters. The van der Waals surface area contributed by atoms with Crippen LogP contribution in [0.2, 0.25) is 0 Å². The normalized spacial score (nSPS) is 11.8. The molecule has 1 heterocycles. The zero-order valence-corrected chi connectivity index (χ0v) is 16.8. The molecule has 4 heteroatoms. The second-order valence-electron chi connectivity index (χ2n) is 7.27. The van der Waals surface area contributed by atoms with Crippen LogP contribution in [0.15, 0.2) is 60.8 Å². The molecule has 0 aliphatic heterocycles. The standard InChI is InChI=1S/C24H28N2O2/c1-18(2)26(15-14-21-16-25-23-7-5-4-6-22(21)23)17-20-10-8-19(9-11-20)12-13-24(27)28-3/h4-13,16,18,25H,14-15,17H2,1-3H3/b13-12+. The Morgan fingerprint density at radius 3 is 2.61 bits per heavy atom. The molecule has 0 fully saturated rings. The summed E-state index contributed by atoms with van der Waals surface area (Å²) in [6.07, 6.45) is 6.36. The molecule has 0 radical (unpaired) electrons. The third kappa shape index (κ3) is 5.11. The molecule has 0 atom stereocenters. The summed E-state index contributed by atoms with van der Waals surface area (Å²) < 4.78 is 4.62. The van der Waals surface area contributed by atoms with E-state index in [1.807, 2.05) is 12.1 Å². The van der Waals surface area contributed by atoms with Crippen molar-refractivity contribution in [2.45, 2.75) is 32.9 Å². The maximum absolute atomic E-state index is 11.2. The van der Waals surface area contributed by atoms with Crippen molar-refractivity contribution in [3.8, 4) is 0 Å². The number of esters is 1. The monoisotopic (exact) mass is 376 g/mol. The topological polar surface area (TPSA) is 45.3 Å². The summed E-state index contributed by atoms with van der Waals surface area (Å²) in [7, 11) is 1.38. The molecule has 4 nitrogen and oxygen atoms in total. The van der Waals surface area contributed by atoms with Gasteiger partial charge in [0.05, 0.1) is 7.11 Å². The highest BCUT2D eigenvalue weighted by Crippen LogP contribution is 2.19. The number of carbonyl (C=O) groups excluding carboxylic acids is 1. The Morgan fingerprint density at radius 1 is 1.14 bits per heavy atom. The quantitative estimate of drug-likeness (QED) is 0.453. The average Bonchev–Trinajstić information content (AvgIpc) is 3.13. The average molecular weight is 377 g/mol. The lowest BCUT2D eigenvalue weighted by Crippen LogP contribution is -2.32. The number of carbonyl (C=O) groups is 1. The fourth-order valence-electron chi connectivity index (χ4n) is 3.32. The smallest absolute Gasteiger partial charge is 0.330 e. The largest absolute Gasteiger partial charge is 0.466 e. The molecule has 0 bridgehead atoms. The van der Waals surface area contributed by atoms with E-state index in [1.54, 1.807) is 6.08 Å². The lowest BCUT2D eigenvalue weighted by atomic mass is 10.1. The van der Waals surface area contributed by atoms with Crippen LogP contribution < -0.4 is 0 Å². The first-order chi connectivity index (χ1) is 13.6. The van der Waals surface area contributed by atoms with Gasteiger partial charge in [0.15, 0.2) is 0 Å². The van der Waals surface area contributed by atoms with Crippen LogP contribution in [0.3, 0.4) is 0 Å². The molecule has 0 spiro atoms. The second kappa shape index (κ2) is 9.38. The van der Waals surface area contributed by atoms with Gasteiger partial charge in [-0.2, -0.15) is 0 Å². The number of para-hydroxylation sites is 1. The molecular weight excluding hydrogens is 348 g/mol. The first-order valence-electron chi connectivity index (χ1n) is 9.71. The molecule has 1 N–H and O–H groups in total. The minimum absolute atomic E-state index is 0.340. The van der Waals surface area contributed by atoms with Gasteiger partial charge in [-0.3, -0.25) is 4.90 Å². The van der Waals surface area contributed by atoms with E-state index in [9.17, 15) is 4.79 Å². The SMILES string of the molecule is COC(=O)/C=C/c1ccc(CN(CCc2c[nH]c3ccccc23)C(C)C)cc1. The third-order valence-corrected chi connectivity index (χ3v) is 5.05. The number of aromatic amines is 1. The van der Waals surface area contributed by atoms with Crippen molar-refractivity contribution in [1.82, 2.24) is 9.88 Å². The Hall–Kier alpha value is -2.85. The third-order valence-electron chi connectivity index (χ3n) is 5.05. The Labute approximate surface area is 166 Å². The van der Waals surface area contributed by atoms with E-state index < -0.39 is 0 Å². The number of hydrogen-bond acceptors (Lipinski definition) is 3. The lowest BCUT2D eigenvalue weighted by molar-refractivity contribution is -0.134. The molecule has 0 amide bonds. The number of ether oxygens (including phenoxy) is 1. The van der Waals surface area contributed by atoms with Crippen molar-refractivity contribution < 1.29 is 9.53 Å². The molecule has 146 valence electrons. The summed E-state index contributed by atoms with van der Waals surface area (Å²) in [4.78, 5) is 17.1. The lowest BCUT2D eigenvalue weighted by Gasteiger charge is -2.26. The van der Waals surface area contributed by atoms with Gasteiger partial charge in [0.25, 0.3) is 0 Å². The van der Waals surface area contributed by atoms with E-state index >= 15 is 0 Å². The fourth-order valence-corrected chi connectivity index (χ4v) is 3.32. The predicted octanol–water partition coefficient (Wildman–Crippen LogP) is 4.81. The summed E-state index contributed by atoms with van der Waals surface area (Å²) in [5, 5.41) is 1.31. The van der Waals surface area contributed by atoms with Crippen LogP contribution >= 0.6 is 0 Å².